The Labute approximate surface area is 96.0 Å². The molecule has 88 valence electrons. The third-order valence-electron chi connectivity index (χ3n) is 2.98. The molecule has 1 aliphatic rings. The SMILES string of the molecule is CCCOC1Cc2ccc(OC)cc2C1O. The molecule has 3 nitrogen and oxygen atoms in total. The minimum absolute atomic E-state index is 0.0953. The van der Waals surface area contributed by atoms with Crippen molar-refractivity contribution in [3.8, 4) is 5.75 Å². The maximum Gasteiger partial charge on any atom is 0.119 e. The lowest BCUT2D eigenvalue weighted by Gasteiger charge is -2.15. The summed E-state index contributed by atoms with van der Waals surface area (Å²) in [6.45, 7) is 2.77. The van der Waals surface area contributed by atoms with E-state index in [0.29, 0.717) is 6.61 Å². The summed E-state index contributed by atoms with van der Waals surface area (Å²) in [5, 5.41) is 10.1. The van der Waals surface area contributed by atoms with E-state index >= 15 is 0 Å². The van der Waals surface area contributed by atoms with E-state index in [-0.39, 0.29) is 6.10 Å². The van der Waals surface area contributed by atoms with Crippen molar-refractivity contribution >= 4 is 0 Å². The van der Waals surface area contributed by atoms with Crippen LogP contribution in [-0.4, -0.2) is 24.9 Å². The van der Waals surface area contributed by atoms with E-state index in [1.165, 1.54) is 0 Å². The number of aliphatic hydroxyl groups is 1. The number of benzene rings is 1. The van der Waals surface area contributed by atoms with Gasteiger partial charge in [-0.1, -0.05) is 13.0 Å². The van der Waals surface area contributed by atoms with Gasteiger partial charge in [0.05, 0.1) is 13.2 Å². The summed E-state index contributed by atoms with van der Waals surface area (Å²) in [4.78, 5) is 0. The summed E-state index contributed by atoms with van der Waals surface area (Å²) in [7, 11) is 1.63. The second-order valence-corrected chi connectivity index (χ2v) is 4.12. The van der Waals surface area contributed by atoms with E-state index in [2.05, 4.69) is 6.92 Å². The van der Waals surface area contributed by atoms with E-state index in [1.807, 2.05) is 18.2 Å². The van der Waals surface area contributed by atoms with Crippen LogP contribution in [0, 0.1) is 0 Å². The fourth-order valence-corrected chi connectivity index (χ4v) is 2.11. The largest absolute Gasteiger partial charge is 0.497 e. The first-order chi connectivity index (χ1) is 7.76. The molecule has 0 amide bonds. The van der Waals surface area contributed by atoms with Crippen LogP contribution in [0.4, 0.5) is 0 Å². The van der Waals surface area contributed by atoms with Gasteiger partial charge in [-0.15, -0.1) is 0 Å². The smallest absolute Gasteiger partial charge is 0.119 e. The first kappa shape index (κ1) is 11.4. The molecule has 0 fully saturated rings. The van der Waals surface area contributed by atoms with Crippen molar-refractivity contribution in [3.63, 3.8) is 0 Å². The van der Waals surface area contributed by atoms with E-state index in [0.717, 1.165) is 29.7 Å². The summed E-state index contributed by atoms with van der Waals surface area (Å²) in [5.41, 5.74) is 2.11. The lowest BCUT2D eigenvalue weighted by Crippen LogP contribution is -2.18. The number of ether oxygens (including phenoxy) is 2. The van der Waals surface area contributed by atoms with Crippen LogP contribution in [0.25, 0.3) is 0 Å². The topological polar surface area (TPSA) is 38.7 Å². The van der Waals surface area contributed by atoms with Crippen LogP contribution in [0.1, 0.15) is 30.6 Å². The van der Waals surface area contributed by atoms with E-state index in [9.17, 15) is 5.11 Å². The Morgan fingerprint density at radius 3 is 2.94 bits per heavy atom. The summed E-state index contributed by atoms with van der Waals surface area (Å²) in [6.07, 6.45) is 1.15. The molecule has 1 N–H and O–H groups in total. The van der Waals surface area contributed by atoms with Gasteiger partial charge in [0.2, 0.25) is 0 Å². The molecular weight excluding hydrogens is 204 g/mol. The van der Waals surface area contributed by atoms with Gasteiger partial charge in [0.25, 0.3) is 0 Å². The van der Waals surface area contributed by atoms with Crippen molar-refractivity contribution in [2.24, 2.45) is 0 Å². The zero-order valence-electron chi connectivity index (χ0n) is 9.77. The van der Waals surface area contributed by atoms with Gasteiger partial charge in [-0.25, -0.2) is 0 Å². The van der Waals surface area contributed by atoms with Gasteiger partial charge in [-0.3, -0.25) is 0 Å². The average Bonchev–Trinajstić information content (AvgIpc) is 2.63. The molecule has 1 aromatic carbocycles. The molecule has 0 aliphatic heterocycles. The summed E-state index contributed by atoms with van der Waals surface area (Å²) >= 11 is 0. The Bertz CT molecular complexity index is 362. The summed E-state index contributed by atoms with van der Waals surface area (Å²) < 4.78 is 10.8. The normalized spacial score (nSPS) is 23.2. The Morgan fingerprint density at radius 2 is 2.25 bits per heavy atom. The second-order valence-electron chi connectivity index (χ2n) is 4.12. The standard InChI is InChI=1S/C13H18O3/c1-3-6-16-12-7-9-4-5-10(15-2)8-11(9)13(12)14/h4-5,8,12-14H,3,6-7H2,1-2H3. The predicted octanol–water partition coefficient (Wildman–Crippen LogP) is 2.08. The fraction of sp³-hybridized carbons (Fsp3) is 0.538. The Morgan fingerprint density at radius 1 is 1.44 bits per heavy atom. The van der Waals surface area contributed by atoms with Crippen LogP contribution in [0.2, 0.25) is 0 Å². The highest BCUT2D eigenvalue weighted by molar-refractivity contribution is 5.41. The zero-order chi connectivity index (χ0) is 11.5. The molecule has 3 heteroatoms. The zero-order valence-corrected chi connectivity index (χ0v) is 9.77. The van der Waals surface area contributed by atoms with Gasteiger partial charge < -0.3 is 14.6 Å². The lowest BCUT2D eigenvalue weighted by atomic mass is 10.1. The third-order valence-corrected chi connectivity index (χ3v) is 2.98. The van der Waals surface area contributed by atoms with Crippen molar-refractivity contribution < 1.29 is 14.6 Å². The van der Waals surface area contributed by atoms with E-state index < -0.39 is 6.10 Å². The number of methoxy groups -OCH3 is 1. The lowest BCUT2D eigenvalue weighted by molar-refractivity contribution is -0.0274. The Balaban J connectivity index is 2.14. The maximum atomic E-state index is 10.1. The van der Waals surface area contributed by atoms with Crippen LogP contribution in [0.15, 0.2) is 18.2 Å². The quantitative estimate of drug-likeness (QED) is 0.847. The minimum atomic E-state index is -0.517. The van der Waals surface area contributed by atoms with Crippen LogP contribution < -0.4 is 4.74 Å². The average molecular weight is 222 g/mol. The van der Waals surface area contributed by atoms with Crippen LogP contribution in [-0.2, 0) is 11.2 Å². The molecule has 1 aromatic rings. The summed E-state index contributed by atoms with van der Waals surface area (Å²) in [5.74, 6) is 0.786. The predicted molar refractivity (Wildman–Crippen MR) is 61.7 cm³/mol. The first-order valence-corrected chi connectivity index (χ1v) is 5.72. The number of aliphatic hydroxyl groups excluding tert-OH is 1. The molecule has 0 saturated carbocycles. The van der Waals surface area contributed by atoms with Crippen LogP contribution >= 0.6 is 0 Å². The highest BCUT2D eigenvalue weighted by atomic mass is 16.5. The molecule has 2 atom stereocenters. The van der Waals surface area contributed by atoms with Crippen molar-refractivity contribution in [2.75, 3.05) is 13.7 Å². The van der Waals surface area contributed by atoms with Crippen LogP contribution in [0.3, 0.4) is 0 Å². The highest BCUT2D eigenvalue weighted by Gasteiger charge is 2.31. The number of hydrogen-bond donors (Lipinski definition) is 1. The number of hydrogen-bond acceptors (Lipinski definition) is 3. The van der Waals surface area contributed by atoms with Gasteiger partial charge in [0.1, 0.15) is 11.9 Å². The molecular formula is C13H18O3. The molecule has 1 aliphatic carbocycles. The molecule has 2 rings (SSSR count). The number of rotatable bonds is 4. The van der Waals surface area contributed by atoms with Crippen molar-refractivity contribution in [1.82, 2.24) is 0 Å². The molecule has 2 unspecified atom stereocenters. The maximum absolute atomic E-state index is 10.1. The van der Waals surface area contributed by atoms with Gasteiger partial charge in [0.15, 0.2) is 0 Å². The minimum Gasteiger partial charge on any atom is -0.497 e. The molecule has 0 bridgehead atoms. The van der Waals surface area contributed by atoms with Gasteiger partial charge in [0, 0.05) is 13.0 Å². The molecule has 0 saturated heterocycles. The molecule has 16 heavy (non-hydrogen) atoms. The molecule has 0 aromatic heterocycles. The van der Waals surface area contributed by atoms with Gasteiger partial charge >= 0.3 is 0 Å². The first-order valence-electron chi connectivity index (χ1n) is 5.72. The van der Waals surface area contributed by atoms with Crippen molar-refractivity contribution in [3.05, 3.63) is 29.3 Å². The van der Waals surface area contributed by atoms with Crippen molar-refractivity contribution in [2.45, 2.75) is 32.0 Å². The van der Waals surface area contributed by atoms with Gasteiger partial charge in [-0.2, -0.15) is 0 Å². The van der Waals surface area contributed by atoms with E-state index in [1.54, 1.807) is 7.11 Å². The molecule has 0 heterocycles. The second kappa shape index (κ2) is 4.85. The third kappa shape index (κ3) is 2.06. The summed E-state index contributed by atoms with van der Waals surface area (Å²) in [6, 6.07) is 5.83. The molecule has 0 radical (unpaired) electrons. The number of fused-ring (bicyclic) bond motifs is 1. The molecule has 0 spiro atoms. The Kier molecular flexibility index (Phi) is 3.46. The highest BCUT2D eigenvalue weighted by Crippen LogP contribution is 2.35. The van der Waals surface area contributed by atoms with Crippen LogP contribution in [0.5, 0.6) is 5.75 Å². The fourth-order valence-electron chi connectivity index (χ4n) is 2.11. The monoisotopic (exact) mass is 222 g/mol. The van der Waals surface area contributed by atoms with E-state index in [4.69, 9.17) is 9.47 Å². The van der Waals surface area contributed by atoms with Gasteiger partial charge in [-0.05, 0) is 29.7 Å². The van der Waals surface area contributed by atoms with Crippen molar-refractivity contribution in [1.29, 1.82) is 0 Å². The Hall–Kier alpha value is -1.06.